The predicted molar refractivity (Wildman–Crippen MR) is 52.5 cm³/mol. The van der Waals surface area contributed by atoms with Crippen molar-refractivity contribution in [1.82, 2.24) is 4.90 Å². The third-order valence-electron chi connectivity index (χ3n) is 2.68. The van der Waals surface area contributed by atoms with E-state index in [0.29, 0.717) is 11.5 Å². The number of piperidine rings is 1. The van der Waals surface area contributed by atoms with E-state index in [2.05, 4.69) is 11.8 Å². The van der Waals surface area contributed by atoms with Gasteiger partial charge in [0.15, 0.2) is 0 Å². The zero-order chi connectivity index (χ0) is 8.39. The molecule has 0 aliphatic carbocycles. The molecule has 70 valence electrons. The van der Waals surface area contributed by atoms with E-state index < -0.39 is 0 Å². The number of thioether (sulfide) groups is 1. The molecule has 1 atom stereocenters. The van der Waals surface area contributed by atoms with Gasteiger partial charge in [0.2, 0.25) is 0 Å². The van der Waals surface area contributed by atoms with Gasteiger partial charge in [-0.15, -0.1) is 11.8 Å². The maximum Gasteiger partial charge on any atom is 0.100 e. The minimum Gasteiger partial charge on any atom is -0.365 e. The van der Waals surface area contributed by atoms with Gasteiger partial charge >= 0.3 is 0 Å². The fraction of sp³-hybridized carbons (Fsp3) is 1.00. The summed E-state index contributed by atoms with van der Waals surface area (Å²) in [6.07, 6.45) is 3.03. The zero-order valence-corrected chi connectivity index (χ0v) is 8.48. The normalized spacial score (nSPS) is 43.2. The van der Waals surface area contributed by atoms with Crippen LogP contribution < -0.4 is 0 Å². The fourth-order valence-corrected chi connectivity index (χ4v) is 2.86. The van der Waals surface area contributed by atoms with Gasteiger partial charge in [0.05, 0.1) is 6.10 Å². The van der Waals surface area contributed by atoms with E-state index >= 15 is 0 Å². The van der Waals surface area contributed by atoms with Gasteiger partial charge in [0, 0.05) is 25.4 Å². The average Bonchev–Trinajstić information content (AvgIpc) is 2.19. The van der Waals surface area contributed by atoms with Gasteiger partial charge < -0.3 is 9.64 Å². The highest BCUT2D eigenvalue weighted by Gasteiger charge is 2.23. The monoisotopic (exact) mass is 187 g/mol. The quantitative estimate of drug-likeness (QED) is 0.571. The molecule has 3 saturated heterocycles. The Hall–Kier alpha value is 0.270. The second-order valence-corrected chi connectivity index (χ2v) is 5.02. The highest BCUT2D eigenvalue weighted by molar-refractivity contribution is 7.99. The minimum atomic E-state index is 0.410. The predicted octanol–water partition coefficient (Wildman–Crippen LogP) is 1.56. The smallest absolute Gasteiger partial charge is 0.100 e. The molecule has 0 amide bonds. The van der Waals surface area contributed by atoms with Crippen molar-refractivity contribution >= 4 is 11.8 Å². The van der Waals surface area contributed by atoms with Crippen LogP contribution in [0.3, 0.4) is 0 Å². The molecule has 3 aliphatic heterocycles. The van der Waals surface area contributed by atoms with Crippen molar-refractivity contribution < 1.29 is 4.74 Å². The Bertz CT molecular complexity index is 145. The molecule has 0 N–H and O–H groups in total. The van der Waals surface area contributed by atoms with Crippen molar-refractivity contribution in [1.29, 1.82) is 0 Å². The second kappa shape index (κ2) is 3.99. The van der Waals surface area contributed by atoms with Gasteiger partial charge in [-0.05, 0) is 19.8 Å². The van der Waals surface area contributed by atoms with E-state index in [0.717, 1.165) is 0 Å². The average molecular weight is 187 g/mol. The molecule has 3 heteroatoms. The zero-order valence-electron chi connectivity index (χ0n) is 7.66. The van der Waals surface area contributed by atoms with Gasteiger partial charge in [-0.25, -0.2) is 0 Å². The van der Waals surface area contributed by atoms with Gasteiger partial charge in [-0.2, -0.15) is 0 Å². The first-order chi connectivity index (χ1) is 5.84. The summed E-state index contributed by atoms with van der Waals surface area (Å²) in [6.45, 7) is 5.93. The van der Waals surface area contributed by atoms with Crippen LogP contribution in [0.15, 0.2) is 0 Å². The van der Waals surface area contributed by atoms with Crippen molar-refractivity contribution in [3.05, 3.63) is 0 Å². The number of hydrogen-bond donors (Lipinski definition) is 0. The Kier molecular flexibility index (Phi) is 2.94. The third kappa shape index (κ3) is 2.15. The van der Waals surface area contributed by atoms with Crippen molar-refractivity contribution in [2.24, 2.45) is 0 Å². The molecule has 0 aromatic heterocycles. The van der Waals surface area contributed by atoms with Crippen LogP contribution in [0.25, 0.3) is 0 Å². The van der Waals surface area contributed by atoms with E-state index in [9.17, 15) is 0 Å². The molecular weight excluding hydrogens is 170 g/mol. The Morgan fingerprint density at radius 2 is 2.00 bits per heavy atom. The largest absolute Gasteiger partial charge is 0.365 e. The highest BCUT2D eigenvalue weighted by atomic mass is 32.2. The van der Waals surface area contributed by atoms with Gasteiger partial charge in [-0.1, -0.05) is 0 Å². The first-order valence-electron chi connectivity index (χ1n) is 4.84. The maximum absolute atomic E-state index is 5.89. The third-order valence-corrected chi connectivity index (χ3v) is 3.68. The van der Waals surface area contributed by atoms with E-state index in [1.165, 1.54) is 38.2 Å². The Balaban J connectivity index is 1.96. The Labute approximate surface area is 78.6 Å². The van der Waals surface area contributed by atoms with E-state index in [1.54, 1.807) is 0 Å². The SMILES string of the molecule is CC1OC2CCN(CCS1)CC2. The topological polar surface area (TPSA) is 12.5 Å². The molecule has 0 spiro atoms. The van der Waals surface area contributed by atoms with Crippen molar-refractivity contribution in [3.63, 3.8) is 0 Å². The molecule has 0 saturated carbocycles. The van der Waals surface area contributed by atoms with Gasteiger partial charge in [-0.3, -0.25) is 0 Å². The van der Waals surface area contributed by atoms with Crippen LogP contribution in [-0.2, 0) is 4.74 Å². The highest BCUT2D eigenvalue weighted by Crippen LogP contribution is 2.23. The minimum absolute atomic E-state index is 0.410. The number of fused-ring (bicyclic) bond motifs is 6. The molecule has 0 aromatic rings. The molecule has 0 radical (unpaired) electrons. The first-order valence-corrected chi connectivity index (χ1v) is 5.89. The lowest BCUT2D eigenvalue weighted by Crippen LogP contribution is -2.37. The van der Waals surface area contributed by atoms with E-state index in [-0.39, 0.29) is 0 Å². The van der Waals surface area contributed by atoms with Crippen molar-refractivity contribution in [2.75, 3.05) is 25.4 Å². The van der Waals surface area contributed by atoms with Crippen LogP contribution in [0.5, 0.6) is 0 Å². The van der Waals surface area contributed by atoms with Crippen LogP contribution in [-0.4, -0.2) is 41.8 Å². The summed E-state index contributed by atoms with van der Waals surface area (Å²) in [6, 6.07) is 0. The molecular formula is C9H17NOS. The lowest BCUT2D eigenvalue weighted by Gasteiger charge is -2.30. The Morgan fingerprint density at radius 3 is 2.75 bits per heavy atom. The summed E-state index contributed by atoms with van der Waals surface area (Å²) in [5.41, 5.74) is 0.410. The Morgan fingerprint density at radius 1 is 1.25 bits per heavy atom. The van der Waals surface area contributed by atoms with Gasteiger partial charge in [0.25, 0.3) is 0 Å². The molecule has 3 rings (SSSR count). The lowest BCUT2D eigenvalue weighted by molar-refractivity contribution is 0.00483. The maximum atomic E-state index is 5.89. The van der Waals surface area contributed by atoms with Crippen LogP contribution in [0.2, 0.25) is 0 Å². The molecule has 2 bridgehead atoms. The molecule has 3 aliphatic rings. The molecule has 0 aromatic carbocycles. The fourth-order valence-electron chi connectivity index (χ4n) is 1.93. The summed E-state index contributed by atoms with van der Waals surface area (Å²) < 4.78 is 5.89. The summed E-state index contributed by atoms with van der Waals surface area (Å²) in [5, 5.41) is 0. The first kappa shape index (κ1) is 8.85. The van der Waals surface area contributed by atoms with Gasteiger partial charge in [0.1, 0.15) is 5.44 Å². The second-order valence-electron chi connectivity index (χ2n) is 3.62. The lowest BCUT2D eigenvalue weighted by atomic mass is 10.1. The summed E-state index contributed by atoms with van der Waals surface area (Å²) >= 11 is 1.95. The molecule has 3 heterocycles. The number of nitrogens with zero attached hydrogens (tertiary/aromatic N) is 1. The van der Waals surface area contributed by atoms with Crippen LogP contribution >= 0.6 is 11.8 Å². The van der Waals surface area contributed by atoms with E-state index in [4.69, 9.17) is 4.74 Å². The van der Waals surface area contributed by atoms with Crippen molar-refractivity contribution in [3.8, 4) is 0 Å². The summed E-state index contributed by atoms with van der Waals surface area (Å²) in [5.74, 6) is 1.23. The van der Waals surface area contributed by atoms with Crippen LogP contribution in [0.4, 0.5) is 0 Å². The summed E-state index contributed by atoms with van der Waals surface area (Å²) in [7, 11) is 0. The van der Waals surface area contributed by atoms with Crippen molar-refractivity contribution in [2.45, 2.75) is 31.3 Å². The number of hydrogen-bond acceptors (Lipinski definition) is 3. The van der Waals surface area contributed by atoms with Crippen LogP contribution in [0, 0.1) is 0 Å². The van der Waals surface area contributed by atoms with E-state index in [1.807, 2.05) is 11.8 Å². The molecule has 2 nitrogen and oxygen atoms in total. The molecule has 1 unspecified atom stereocenters. The number of rotatable bonds is 0. The summed E-state index contributed by atoms with van der Waals surface area (Å²) in [4.78, 5) is 2.56. The van der Waals surface area contributed by atoms with Crippen LogP contribution in [0.1, 0.15) is 19.8 Å². The standard InChI is InChI=1S/C9H17NOS/c1-8-11-9-2-4-10(5-3-9)6-7-12-8/h8-9H,2-7H2,1H3. The number of ether oxygens (including phenoxy) is 1. The molecule has 3 fully saturated rings. The molecule has 12 heavy (non-hydrogen) atoms.